The smallest absolute Gasteiger partial charge is 0.272 e. The van der Waals surface area contributed by atoms with Gasteiger partial charge in [-0.1, -0.05) is 6.08 Å². The van der Waals surface area contributed by atoms with Crippen LogP contribution >= 0.6 is 0 Å². The lowest BCUT2D eigenvalue weighted by Gasteiger charge is -2.37. The molecule has 1 rings (SSSR count). The number of rotatable bonds is 3. The first kappa shape index (κ1) is 9.32. The van der Waals surface area contributed by atoms with Gasteiger partial charge in [-0.05, 0) is 13.0 Å². The first-order valence-corrected chi connectivity index (χ1v) is 3.77. The normalized spacial score (nSPS) is 22.6. The van der Waals surface area contributed by atoms with E-state index in [2.05, 4.69) is 0 Å². The largest absolute Gasteiger partial charge is 0.295 e. The molecule has 0 unspecified atom stereocenters. The van der Waals surface area contributed by atoms with Crippen molar-refractivity contribution >= 4 is 5.78 Å². The zero-order chi connectivity index (χ0) is 9.19. The average Bonchev–Trinajstić information content (AvgIpc) is 1.82. The van der Waals surface area contributed by atoms with Crippen LogP contribution in [0.5, 0.6) is 0 Å². The van der Waals surface area contributed by atoms with E-state index in [-0.39, 0.29) is 18.9 Å². The lowest BCUT2D eigenvalue weighted by Crippen LogP contribution is -2.55. The maximum Gasteiger partial charge on any atom is 0.272 e. The molecular weight excluding hydrogens is 164 g/mol. The molecule has 2 nitrogen and oxygen atoms in total. The van der Waals surface area contributed by atoms with Crippen molar-refractivity contribution in [2.75, 3.05) is 19.6 Å². The van der Waals surface area contributed by atoms with E-state index in [9.17, 15) is 13.6 Å². The average molecular weight is 175 g/mol. The second-order valence-electron chi connectivity index (χ2n) is 3.04. The van der Waals surface area contributed by atoms with Gasteiger partial charge >= 0.3 is 0 Å². The van der Waals surface area contributed by atoms with Crippen molar-refractivity contribution in [2.24, 2.45) is 0 Å². The molecule has 68 valence electrons. The molecule has 0 radical (unpaired) electrons. The van der Waals surface area contributed by atoms with Crippen LogP contribution in [0, 0.1) is 0 Å². The molecule has 12 heavy (non-hydrogen) atoms. The van der Waals surface area contributed by atoms with Gasteiger partial charge in [-0.3, -0.25) is 9.69 Å². The van der Waals surface area contributed by atoms with Gasteiger partial charge < -0.3 is 0 Å². The van der Waals surface area contributed by atoms with Crippen LogP contribution < -0.4 is 0 Å². The van der Waals surface area contributed by atoms with Gasteiger partial charge in [0.2, 0.25) is 0 Å². The van der Waals surface area contributed by atoms with E-state index in [1.54, 1.807) is 11.0 Å². The second-order valence-corrected chi connectivity index (χ2v) is 3.04. The predicted molar refractivity (Wildman–Crippen MR) is 41.2 cm³/mol. The Kier molecular flexibility index (Phi) is 2.57. The van der Waals surface area contributed by atoms with E-state index in [4.69, 9.17) is 0 Å². The third kappa shape index (κ3) is 2.70. The SMILES string of the molecule is CC(=O)/C=C/CN1CC(F)(F)C1. The summed E-state index contributed by atoms with van der Waals surface area (Å²) in [7, 11) is 0. The Hall–Kier alpha value is -0.770. The van der Waals surface area contributed by atoms with Gasteiger partial charge in [-0.15, -0.1) is 0 Å². The van der Waals surface area contributed by atoms with Crippen LogP contribution in [0.3, 0.4) is 0 Å². The van der Waals surface area contributed by atoms with Gasteiger partial charge in [0.15, 0.2) is 5.78 Å². The Morgan fingerprint density at radius 3 is 2.58 bits per heavy atom. The summed E-state index contributed by atoms with van der Waals surface area (Å²) in [5.41, 5.74) is 0. The fourth-order valence-electron chi connectivity index (χ4n) is 1.10. The van der Waals surface area contributed by atoms with Gasteiger partial charge in [0.25, 0.3) is 5.92 Å². The number of allylic oxidation sites excluding steroid dienone is 1. The van der Waals surface area contributed by atoms with Crippen LogP contribution in [-0.4, -0.2) is 36.2 Å². The molecule has 1 heterocycles. The van der Waals surface area contributed by atoms with Crippen LogP contribution in [0.1, 0.15) is 6.92 Å². The molecule has 0 amide bonds. The summed E-state index contributed by atoms with van der Waals surface area (Å²) < 4.78 is 24.5. The summed E-state index contributed by atoms with van der Waals surface area (Å²) in [5, 5.41) is 0. The monoisotopic (exact) mass is 175 g/mol. The van der Waals surface area contributed by atoms with Crippen LogP contribution in [0.25, 0.3) is 0 Å². The van der Waals surface area contributed by atoms with Gasteiger partial charge in [-0.2, -0.15) is 0 Å². The minimum atomic E-state index is -2.51. The van der Waals surface area contributed by atoms with Gasteiger partial charge in [0.05, 0.1) is 13.1 Å². The first-order valence-electron chi connectivity index (χ1n) is 3.77. The zero-order valence-electron chi connectivity index (χ0n) is 6.89. The van der Waals surface area contributed by atoms with E-state index >= 15 is 0 Å². The Morgan fingerprint density at radius 1 is 1.58 bits per heavy atom. The Balaban J connectivity index is 2.16. The molecule has 1 fully saturated rings. The highest BCUT2D eigenvalue weighted by Gasteiger charge is 2.42. The van der Waals surface area contributed by atoms with Crippen molar-refractivity contribution in [1.82, 2.24) is 4.90 Å². The second kappa shape index (κ2) is 3.31. The van der Waals surface area contributed by atoms with E-state index in [0.29, 0.717) is 6.54 Å². The molecule has 0 spiro atoms. The number of carbonyl (C=O) groups is 1. The number of nitrogens with zero attached hydrogens (tertiary/aromatic N) is 1. The van der Waals surface area contributed by atoms with Crippen LogP contribution in [-0.2, 0) is 4.79 Å². The van der Waals surface area contributed by atoms with E-state index in [1.165, 1.54) is 13.0 Å². The highest BCUT2D eigenvalue weighted by molar-refractivity contribution is 5.87. The quantitative estimate of drug-likeness (QED) is 0.598. The molecule has 0 aromatic heterocycles. The molecule has 0 N–H and O–H groups in total. The molecule has 1 aliphatic rings. The van der Waals surface area contributed by atoms with Crippen LogP contribution in [0.2, 0.25) is 0 Å². The number of hydrogen-bond donors (Lipinski definition) is 0. The van der Waals surface area contributed by atoms with E-state index in [0.717, 1.165) is 0 Å². The van der Waals surface area contributed by atoms with Crippen molar-refractivity contribution in [2.45, 2.75) is 12.8 Å². The molecule has 1 aliphatic heterocycles. The number of carbonyl (C=O) groups excluding carboxylic acids is 1. The first-order chi connectivity index (χ1) is 5.49. The number of likely N-dealkylation sites (tertiary alicyclic amines) is 1. The maximum absolute atomic E-state index is 12.2. The summed E-state index contributed by atoms with van der Waals surface area (Å²) in [4.78, 5) is 12.0. The topological polar surface area (TPSA) is 20.3 Å². The Labute approximate surface area is 69.9 Å². The summed E-state index contributed by atoms with van der Waals surface area (Å²) in [5.74, 6) is -2.56. The summed E-state index contributed by atoms with van der Waals surface area (Å²) >= 11 is 0. The van der Waals surface area contributed by atoms with Gasteiger partial charge in [-0.25, -0.2) is 8.78 Å². The highest BCUT2D eigenvalue weighted by atomic mass is 19.3. The van der Waals surface area contributed by atoms with Gasteiger partial charge in [0, 0.05) is 6.54 Å². The molecule has 1 saturated heterocycles. The predicted octanol–water partition coefficient (Wildman–Crippen LogP) is 1.08. The number of alkyl halides is 2. The van der Waals surface area contributed by atoms with Crippen molar-refractivity contribution in [3.8, 4) is 0 Å². The third-order valence-corrected chi connectivity index (χ3v) is 1.63. The number of hydrogen-bond acceptors (Lipinski definition) is 2. The van der Waals surface area contributed by atoms with Crippen molar-refractivity contribution in [3.63, 3.8) is 0 Å². The molecule has 0 bridgehead atoms. The van der Waals surface area contributed by atoms with Crippen molar-refractivity contribution in [1.29, 1.82) is 0 Å². The molecule has 0 atom stereocenters. The summed E-state index contributed by atoms with van der Waals surface area (Å²) in [6.45, 7) is 1.50. The van der Waals surface area contributed by atoms with Crippen LogP contribution in [0.4, 0.5) is 8.78 Å². The summed E-state index contributed by atoms with van der Waals surface area (Å²) in [6.07, 6.45) is 3.01. The minimum absolute atomic E-state index is 0.0534. The lowest BCUT2D eigenvalue weighted by atomic mass is 10.1. The Bertz CT molecular complexity index is 205. The molecular formula is C8H11F2NO. The number of halogens is 2. The third-order valence-electron chi connectivity index (χ3n) is 1.63. The molecule has 0 saturated carbocycles. The lowest BCUT2D eigenvalue weighted by molar-refractivity contribution is -0.125. The van der Waals surface area contributed by atoms with Crippen LogP contribution in [0.15, 0.2) is 12.2 Å². The zero-order valence-corrected chi connectivity index (χ0v) is 6.89. The van der Waals surface area contributed by atoms with Crippen molar-refractivity contribution in [3.05, 3.63) is 12.2 Å². The molecule has 0 aliphatic carbocycles. The molecule has 4 heteroatoms. The summed E-state index contributed by atoms with van der Waals surface area (Å²) in [6, 6.07) is 0. The maximum atomic E-state index is 12.2. The van der Waals surface area contributed by atoms with E-state index < -0.39 is 5.92 Å². The molecule has 0 aromatic carbocycles. The standard InChI is InChI=1S/C8H11F2NO/c1-7(12)3-2-4-11-5-8(9,10)6-11/h2-3H,4-6H2,1H3/b3-2+. The Morgan fingerprint density at radius 2 is 2.17 bits per heavy atom. The fraction of sp³-hybridized carbons (Fsp3) is 0.625. The molecule has 0 aromatic rings. The van der Waals surface area contributed by atoms with Crippen molar-refractivity contribution < 1.29 is 13.6 Å². The highest BCUT2D eigenvalue weighted by Crippen LogP contribution is 2.25. The van der Waals surface area contributed by atoms with E-state index in [1.807, 2.05) is 0 Å². The number of ketones is 1. The fourth-order valence-corrected chi connectivity index (χ4v) is 1.10. The van der Waals surface area contributed by atoms with Gasteiger partial charge in [0.1, 0.15) is 0 Å². The minimum Gasteiger partial charge on any atom is -0.295 e.